The molecule has 0 aliphatic rings. The fourth-order valence-electron chi connectivity index (χ4n) is 1.45. The lowest BCUT2D eigenvalue weighted by Crippen LogP contribution is -1.94. The number of hydrogen-bond donors (Lipinski definition) is 2. The van der Waals surface area contributed by atoms with E-state index in [0.29, 0.717) is 5.82 Å². The number of fused-ring (bicyclic) bond motifs is 1. The minimum Gasteiger partial charge on any atom is -0.383 e. The highest BCUT2D eigenvalue weighted by molar-refractivity contribution is 7.19. The lowest BCUT2D eigenvalue weighted by Gasteiger charge is -1.90. The molecule has 16 heavy (non-hydrogen) atoms. The number of nitrogens with one attached hydrogen (secondary N) is 1. The van der Waals surface area contributed by atoms with Crippen molar-refractivity contribution < 1.29 is 0 Å². The molecule has 7 nitrogen and oxygen atoms in total. The molecule has 3 aromatic heterocycles. The predicted octanol–water partition coefficient (Wildman–Crippen LogP) is 0.720. The Hall–Kier alpha value is -1.96. The summed E-state index contributed by atoms with van der Waals surface area (Å²) in [7, 11) is 0. The molecule has 8 heteroatoms. The van der Waals surface area contributed by atoms with Gasteiger partial charge in [-0.15, -0.1) is 10.2 Å². The van der Waals surface area contributed by atoms with E-state index in [-0.39, 0.29) is 0 Å². The van der Waals surface area contributed by atoms with Crippen LogP contribution in [0.3, 0.4) is 0 Å². The maximum absolute atomic E-state index is 5.74. The van der Waals surface area contributed by atoms with E-state index in [2.05, 4.69) is 25.5 Å². The van der Waals surface area contributed by atoms with Crippen LogP contribution in [0.5, 0.6) is 0 Å². The number of hydrogen-bond acceptors (Lipinski definition) is 6. The molecule has 0 fully saturated rings. The van der Waals surface area contributed by atoms with Gasteiger partial charge in [-0.2, -0.15) is 14.7 Å². The topological polar surface area (TPSA) is 97.8 Å². The Bertz CT molecular complexity index is 634. The second kappa shape index (κ2) is 3.27. The number of rotatable bonds is 2. The molecule has 0 spiro atoms. The van der Waals surface area contributed by atoms with E-state index in [1.54, 1.807) is 10.7 Å². The van der Waals surface area contributed by atoms with Crippen LogP contribution in [0.4, 0.5) is 5.82 Å². The number of H-pyrrole nitrogens is 1. The zero-order chi connectivity index (χ0) is 11.1. The Morgan fingerprint density at radius 3 is 3.06 bits per heavy atom. The molecule has 0 saturated heterocycles. The standard InChI is InChI=1S/C8H9N7S/c1-2-5-11-13-8-15(5)14-7(16-8)4-3-10-12-6(4)9/h3H,2H2,1H3,(H3,9,10,12). The van der Waals surface area contributed by atoms with E-state index in [4.69, 9.17) is 5.73 Å². The molecule has 3 N–H and O–H groups in total. The molecule has 0 atom stereocenters. The van der Waals surface area contributed by atoms with Crippen molar-refractivity contribution in [3.8, 4) is 10.6 Å². The minimum absolute atomic E-state index is 0.517. The molecule has 0 aliphatic carbocycles. The number of aryl methyl sites for hydroxylation is 1. The summed E-state index contributed by atoms with van der Waals surface area (Å²) >= 11 is 1.44. The highest BCUT2D eigenvalue weighted by Crippen LogP contribution is 2.28. The molecule has 0 amide bonds. The molecule has 82 valence electrons. The number of aromatic nitrogens is 6. The largest absolute Gasteiger partial charge is 0.383 e. The van der Waals surface area contributed by atoms with Gasteiger partial charge in [0, 0.05) is 6.42 Å². The van der Waals surface area contributed by atoms with Gasteiger partial charge >= 0.3 is 0 Å². The fraction of sp³-hybridized carbons (Fsp3) is 0.250. The maximum atomic E-state index is 5.74. The Labute approximate surface area is 94.3 Å². The van der Waals surface area contributed by atoms with Crippen molar-refractivity contribution in [2.24, 2.45) is 0 Å². The van der Waals surface area contributed by atoms with Gasteiger partial charge in [0.25, 0.3) is 0 Å². The van der Waals surface area contributed by atoms with E-state index in [1.807, 2.05) is 6.92 Å². The molecule has 3 heterocycles. The number of anilines is 1. The molecule has 0 aliphatic heterocycles. The first-order valence-corrected chi connectivity index (χ1v) is 5.61. The molecule has 3 aromatic rings. The van der Waals surface area contributed by atoms with Gasteiger partial charge in [0.05, 0.1) is 11.8 Å². The Morgan fingerprint density at radius 1 is 1.50 bits per heavy atom. The highest BCUT2D eigenvalue weighted by atomic mass is 32.1. The quantitative estimate of drug-likeness (QED) is 0.682. The van der Waals surface area contributed by atoms with E-state index in [1.165, 1.54) is 11.3 Å². The van der Waals surface area contributed by atoms with Gasteiger partial charge in [-0.1, -0.05) is 18.3 Å². The summed E-state index contributed by atoms with van der Waals surface area (Å²) in [5, 5.41) is 19.8. The molecule has 0 bridgehead atoms. The number of nitrogens with two attached hydrogens (primary N) is 1. The first-order valence-electron chi connectivity index (χ1n) is 4.80. The third kappa shape index (κ3) is 1.20. The lowest BCUT2D eigenvalue weighted by molar-refractivity contribution is 0.838. The Kier molecular flexibility index (Phi) is 1.90. The Morgan fingerprint density at radius 2 is 2.38 bits per heavy atom. The van der Waals surface area contributed by atoms with Crippen molar-refractivity contribution in [3.63, 3.8) is 0 Å². The van der Waals surface area contributed by atoms with Gasteiger partial charge in [-0.25, -0.2) is 0 Å². The third-order valence-electron chi connectivity index (χ3n) is 2.27. The molecule has 3 rings (SSSR count). The van der Waals surface area contributed by atoms with Crippen molar-refractivity contribution in [1.82, 2.24) is 30.0 Å². The number of nitrogens with zero attached hydrogens (tertiary/aromatic N) is 5. The summed E-state index contributed by atoms with van der Waals surface area (Å²) in [4.78, 5) is 0.771. The summed E-state index contributed by atoms with van der Waals surface area (Å²) in [6.07, 6.45) is 2.46. The average molecular weight is 235 g/mol. The SMILES string of the molecule is CCc1nnc2sc(-c3cn[nH]c3N)nn12. The predicted molar refractivity (Wildman–Crippen MR) is 60.0 cm³/mol. The van der Waals surface area contributed by atoms with Crippen LogP contribution in [0, 0.1) is 0 Å². The first kappa shape index (κ1) is 9.28. The van der Waals surface area contributed by atoms with E-state index in [0.717, 1.165) is 27.8 Å². The summed E-state index contributed by atoms with van der Waals surface area (Å²) in [6, 6.07) is 0. The summed E-state index contributed by atoms with van der Waals surface area (Å²) < 4.78 is 1.74. The smallest absolute Gasteiger partial charge is 0.234 e. The van der Waals surface area contributed by atoms with Gasteiger partial charge in [0.15, 0.2) is 10.8 Å². The monoisotopic (exact) mass is 235 g/mol. The maximum Gasteiger partial charge on any atom is 0.234 e. The van der Waals surface area contributed by atoms with Gasteiger partial charge in [0.2, 0.25) is 4.96 Å². The van der Waals surface area contributed by atoms with Gasteiger partial charge in [0.1, 0.15) is 5.82 Å². The zero-order valence-corrected chi connectivity index (χ0v) is 9.32. The van der Waals surface area contributed by atoms with Crippen molar-refractivity contribution in [1.29, 1.82) is 0 Å². The minimum atomic E-state index is 0.517. The van der Waals surface area contributed by atoms with Crippen LogP contribution in [-0.4, -0.2) is 30.0 Å². The third-order valence-corrected chi connectivity index (χ3v) is 3.20. The molecular formula is C8H9N7S. The summed E-state index contributed by atoms with van der Waals surface area (Å²) in [5.74, 6) is 1.36. The summed E-state index contributed by atoms with van der Waals surface area (Å²) in [5.41, 5.74) is 6.54. The normalized spacial score (nSPS) is 11.3. The summed E-state index contributed by atoms with van der Waals surface area (Å²) in [6.45, 7) is 2.02. The van der Waals surface area contributed by atoms with E-state index >= 15 is 0 Å². The molecule has 0 aromatic carbocycles. The van der Waals surface area contributed by atoms with Crippen LogP contribution >= 0.6 is 11.3 Å². The highest BCUT2D eigenvalue weighted by Gasteiger charge is 2.14. The second-order valence-corrected chi connectivity index (χ2v) is 4.22. The van der Waals surface area contributed by atoms with E-state index < -0.39 is 0 Å². The second-order valence-electron chi connectivity index (χ2n) is 3.27. The molecule has 0 radical (unpaired) electrons. The Balaban J connectivity index is 2.19. The van der Waals surface area contributed by atoms with Gasteiger partial charge < -0.3 is 5.73 Å². The average Bonchev–Trinajstić information content (AvgIpc) is 2.90. The molecule has 0 unspecified atom stereocenters. The van der Waals surface area contributed by atoms with Crippen molar-refractivity contribution in [2.75, 3.05) is 5.73 Å². The van der Waals surface area contributed by atoms with Crippen LogP contribution in [0.25, 0.3) is 15.5 Å². The van der Waals surface area contributed by atoms with Crippen LogP contribution in [0.1, 0.15) is 12.7 Å². The number of nitrogen functional groups attached to an aromatic ring is 1. The van der Waals surface area contributed by atoms with E-state index in [9.17, 15) is 0 Å². The fourth-order valence-corrected chi connectivity index (χ4v) is 2.34. The van der Waals surface area contributed by atoms with Crippen molar-refractivity contribution in [2.45, 2.75) is 13.3 Å². The molecular weight excluding hydrogens is 226 g/mol. The first-order chi connectivity index (χ1) is 7.79. The van der Waals surface area contributed by atoms with Crippen LogP contribution in [0.2, 0.25) is 0 Å². The van der Waals surface area contributed by atoms with Crippen molar-refractivity contribution in [3.05, 3.63) is 12.0 Å². The van der Waals surface area contributed by atoms with Crippen LogP contribution in [0.15, 0.2) is 6.20 Å². The lowest BCUT2D eigenvalue weighted by atomic mass is 10.3. The van der Waals surface area contributed by atoms with Crippen LogP contribution in [-0.2, 0) is 6.42 Å². The number of aromatic amines is 1. The van der Waals surface area contributed by atoms with Gasteiger partial charge in [-0.05, 0) is 0 Å². The van der Waals surface area contributed by atoms with Crippen molar-refractivity contribution >= 4 is 22.1 Å². The van der Waals surface area contributed by atoms with Gasteiger partial charge in [-0.3, -0.25) is 5.10 Å². The zero-order valence-electron chi connectivity index (χ0n) is 8.51. The van der Waals surface area contributed by atoms with Crippen LogP contribution < -0.4 is 5.73 Å². The molecule has 0 saturated carbocycles.